The minimum atomic E-state index is -3.31. The lowest BCUT2D eigenvalue weighted by Crippen LogP contribution is -2.37. The Morgan fingerprint density at radius 3 is 2.47 bits per heavy atom. The Balaban J connectivity index is 2.27. The fraction of sp³-hybridized carbons (Fsp3) is 0.571. The summed E-state index contributed by atoms with van der Waals surface area (Å²) in [6, 6.07) is 3.91. The van der Waals surface area contributed by atoms with Crippen molar-refractivity contribution in [1.29, 1.82) is 0 Å². The van der Waals surface area contributed by atoms with E-state index in [1.807, 2.05) is 26.0 Å². The van der Waals surface area contributed by atoms with Crippen LogP contribution in [0, 0.1) is 13.8 Å². The maximum absolute atomic E-state index is 12.2. The van der Waals surface area contributed by atoms with Crippen molar-refractivity contribution in [2.75, 3.05) is 10.6 Å². The molecule has 3 rings (SSSR count). The molecule has 104 valence electrons. The van der Waals surface area contributed by atoms with E-state index >= 15 is 0 Å². The van der Waals surface area contributed by atoms with E-state index in [4.69, 9.17) is 0 Å². The summed E-state index contributed by atoms with van der Waals surface area (Å²) in [5.74, 6) is 0.139. The Morgan fingerprint density at radius 2 is 1.84 bits per heavy atom. The molecule has 0 aromatic heterocycles. The first-order valence-electron chi connectivity index (χ1n) is 6.58. The second-order valence-electron chi connectivity index (χ2n) is 5.82. The molecule has 0 amide bonds. The van der Waals surface area contributed by atoms with Crippen molar-refractivity contribution in [2.24, 2.45) is 0 Å². The summed E-state index contributed by atoms with van der Waals surface area (Å²) < 4.78 is 25.9. The highest BCUT2D eigenvalue weighted by atomic mass is 32.2. The Hall–Kier alpha value is -1.07. The van der Waals surface area contributed by atoms with Gasteiger partial charge in [-0.3, -0.25) is 4.31 Å². The third-order valence-electron chi connectivity index (χ3n) is 4.39. The quantitative estimate of drug-likeness (QED) is 0.852. The van der Waals surface area contributed by atoms with Crippen LogP contribution in [-0.4, -0.2) is 31.9 Å². The van der Waals surface area contributed by atoms with Crippen LogP contribution in [0.25, 0.3) is 0 Å². The van der Waals surface area contributed by atoms with Crippen LogP contribution in [0.2, 0.25) is 0 Å². The molecule has 3 atom stereocenters. The molecule has 0 unspecified atom stereocenters. The summed E-state index contributed by atoms with van der Waals surface area (Å²) in [5.41, 5.74) is 4.09. The molecule has 2 aliphatic rings. The molecule has 1 saturated carbocycles. The molecule has 1 N–H and O–H groups in total. The van der Waals surface area contributed by atoms with Crippen LogP contribution in [0.3, 0.4) is 0 Å². The lowest BCUT2D eigenvalue weighted by Gasteiger charge is -2.25. The van der Waals surface area contributed by atoms with Crippen molar-refractivity contribution in [3.8, 4) is 0 Å². The van der Waals surface area contributed by atoms with Gasteiger partial charge in [0.1, 0.15) is 0 Å². The predicted molar refractivity (Wildman–Crippen MR) is 75.0 cm³/mol. The standard InChI is InChI=1S/C14H19NO3S/c1-8-4-5-9(2)14-13(8)11-6-10(16)7-12(11)15(14)19(3,17)18/h4-5,10-12,16H,6-7H2,1-3H3/t10-,11-,12+/m1/s1. The molecule has 19 heavy (non-hydrogen) atoms. The minimum Gasteiger partial charge on any atom is -0.393 e. The molecule has 4 nitrogen and oxygen atoms in total. The lowest BCUT2D eigenvalue weighted by molar-refractivity contribution is 0.179. The fourth-order valence-corrected chi connectivity index (χ4v) is 5.01. The number of sulfonamides is 1. The van der Waals surface area contributed by atoms with Gasteiger partial charge in [0.25, 0.3) is 0 Å². The van der Waals surface area contributed by atoms with Crippen LogP contribution in [0.15, 0.2) is 12.1 Å². The van der Waals surface area contributed by atoms with Crippen molar-refractivity contribution < 1.29 is 13.5 Å². The van der Waals surface area contributed by atoms with Crippen LogP contribution in [0.1, 0.15) is 35.4 Å². The molecule has 1 aromatic rings. The normalized spacial score (nSPS) is 29.5. The van der Waals surface area contributed by atoms with Crippen molar-refractivity contribution in [2.45, 2.75) is 44.8 Å². The number of hydrogen-bond acceptors (Lipinski definition) is 3. The molecule has 0 saturated heterocycles. The van der Waals surface area contributed by atoms with Crippen LogP contribution in [0.4, 0.5) is 5.69 Å². The van der Waals surface area contributed by atoms with Crippen LogP contribution < -0.4 is 4.31 Å². The summed E-state index contributed by atoms with van der Waals surface area (Å²) in [6.45, 7) is 3.97. The van der Waals surface area contributed by atoms with Gasteiger partial charge in [-0.15, -0.1) is 0 Å². The Labute approximate surface area is 114 Å². The van der Waals surface area contributed by atoms with E-state index in [0.717, 1.165) is 22.4 Å². The van der Waals surface area contributed by atoms with E-state index in [1.165, 1.54) is 6.26 Å². The van der Waals surface area contributed by atoms with E-state index < -0.39 is 16.1 Å². The number of anilines is 1. The minimum absolute atomic E-state index is 0.111. The van der Waals surface area contributed by atoms with Crippen molar-refractivity contribution in [3.05, 3.63) is 28.8 Å². The second kappa shape index (κ2) is 3.96. The fourth-order valence-electron chi connectivity index (χ4n) is 3.71. The molecule has 1 aliphatic heterocycles. The number of aliphatic hydroxyl groups is 1. The highest BCUT2D eigenvalue weighted by Gasteiger charge is 2.49. The first-order chi connectivity index (χ1) is 8.80. The molecule has 0 spiro atoms. The van der Waals surface area contributed by atoms with Gasteiger partial charge in [0.05, 0.1) is 24.1 Å². The number of benzene rings is 1. The maximum atomic E-state index is 12.2. The smallest absolute Gasteiger partial charge is 0.232 e. The molecule has 5 heteroatoms. The summed E-state index contributed by atoms with van der Waals surface area (Å²) >= 11 is 0. The summed E-state index contributed by atoms with van der Waals surface area (Å²) in [4.78, 5) is 0. The molecule has 1 fully saturated rings. The van der Waals surface area contributed by atoms with Gasteiger partial charge in [-0.2, -0.15) is 0 Å². The van der Waals surface area contributed by atoms with E-state index in [9.17, 15) is 13.5 Å². The molecule has 1 heterocycles. The average molecular weight is 281 g/mol. The highest BCUT2D eigenvalue weighted by Crippen LogP contribution is 2.52. The van der Waals surface area contributed by atoms with Crippen molar-refractivity contribution in [1.82, 2.24) is 0 Å². The molecular weight excluding hydrogens is 262 g/mol. The largest absolute Gasteiger partial charge is 0.393 e. The van der Waals surface area contributed by atoms with Gasteiger partial charge in [0.15, 0.2) is 0 Å². The van der Waals surface area contributed by atoms with Gasteiger partial charge < -0.3 is 5.11 Å². The SMILES string of the molecule is Cc1ccc(C)c2c1[C@@H]1C[C@@H](O)C[C@@H]1N2S(C)(=O)=O. The lowest BCUT2D eigenvalue weighted by atomic mass is 9.92. The summed E-state index contributed by atoms with van der Waals surface area (Å²) in [6.07, 6.45) is 2.05. The zero-order valence-electron chi connectivity index (χ0n) is 11.4. The van der Waals surface area contributed by atoms with Crippen molar-refractivity contribution >= 4 is 15.7 Å². The summed E-state index contributed by atoms with van der Waals surface area (Å²) in [5, 5.41) is 9.88. The van der Waals surface area contributed by atoms with Crippen LogP contribution in [0.5, 0.6) is 0 Å². The van der Waals surface area contributed by atoms with E-state index in [2.05, 4.69) is 0 Å². The first-order valence-corrected chi connectivity index (χ1v) is 8.43. The Kier molecular flexibility index (Phi) is 2.70. The van der Waals surface area contributed by atoms with E-state index in [-0.39, 0.29) is 12.0 Å². The number of aryl methyl sites for hydroxylation is 2. The van der Waals surface area contributed by atoms with E-state index in [1.54, 1.807) is 4.31 Å². The van der Waals surface area contributed by atoms with Gasteiger partial charge in [0.2, 0.25) is 10.0 Å². The van der Waals surface area contributed by atoms with Crippen LogP contribution in [-0.2, 0) is 10.0 Å². The predicted octanol–water partition coefficient (Wildman–Crippen LogP) is 1.69. The van der Waals surface area contributed by atoms with E-state index in [0.29, 0.717) is 12.8 Å². The number of rotatable bonds is 1. The van der Waals surface area contributed by atoms with Gasteiger partial charge in [-0.05, 0) is 43.4 Å². The number of nitrogens with zero attached hydrogens (tertiary/aromatic N) is 1. The van der Waals surface area contributed by atoms with Gasteiger partial charge in [-0.25, -0.2) is 8.42 Å². The van der Waals surface area contributed by atoms with Crippen molar-refractivity contribution in [3.63, 3.8) is 0 Å². The first kappa shape index (κ1) is 12.9. The maximum Gasteiger partial charge on any atom is 0.232 e. The Bertz CT molecular complexity index is 638. The monoisotopic (exact) mass is 281 g/mol. The average Bonchev–Trinajstić information content (AvgIpc) is 2.76. The van der Waals surface area contributed by atoms with Crippen LogP contribution >= 0.6 is 0 Å². The summed E-state index contributed by atoms with van der Waals surface area (Å²) in [7, 11) is -3.31. The zero-order chi connectivity index (χ0) is 13.9. The highest BCUT2D eigenvalue weighted by molar-refractivity contribution is 7.92. The Morgan fingerprint density at radius 1 is 1.21 bits per heavy atom. The topological polar surface area (TPSA) is 57.6 Å². The third kappa shape index (κ3) is 1.79. The number of aliphatic hydroxyl groups excluding tert-OH is 1. The van der Waals surface area contributed by atoms with Gasteiger partial charge in [0, 0.05) is 5.92 Å². The molecular formula is C14H19NO3S. The zero-order valence-corrected chi connectivity index (χ0v) is 12.2. The third-order valence-corrected chi connectivity index (χ3v) is 5.56. The molecule has 1 aliphatic carbocycles. The van der Waals surface area contributed by atoms with Gasteiger partial charge >= 0.3 is 0 Å². The molecule has 0 bridgehead atoms. The number of hydrogen-bond donors (Lipinski definition) is 1. The molecule has 0 radical (unpaired) electrons. The van der Waals surface area contributed by atoms with Gasteiger partial charge in [-0.1, -0.05) is 12.1 Å². The number of fused-ring (bicyclic) bond motifs is 3. The molecule has 1 aromatic carbocycles. The second-order valence-corrected chi connectivity index (χ2v) is 7.68.